The summed E-state index contributed by atoms with van der Waals surface area (Å²) >= 11 is 1.38. The molecule has 0 aliphatic carbocycles. The molecule has 1 N–H and O–H groups in total. The topological polar surface area (TPSA) is 80.1 Å². The lowest BCUT2D eigenvalue weighted by atomic mass is 10.2. The number of hydrogen-bond donors (Lipinski definition) is 1. The Morgan fingerprint density at radius 1 is 0.972 bits per heavy atom. The Morgan fingerprint density at radius 3 is 2.53 bits per heavy atom. The van der Waals surface area contributed by atoms with Crippen LogP contribution in [0.25, 0.3) is 17.5 Å². The van der Waals surface area contributed by atoms with Crippen molar-refractivity contribution >= 4 is 41.0 Å². The van der Waals surface area contributed by atoms with Gasteiger partial charge in [0.15, 0.2) is 11.0 Å². The molecule has 2 amide bonds. The Balaban J connectivity index is 1.19. The fraction of sp³-hybridized carbons (Fsp3) is 0.143. The molecule has 0 radical (unpaired) electrons. The quantitative estimate of drug-likeness (QED) is 0.294. The van der Waals surface area contributed by atoms with Gasteiger partial charge in [0.05, 0.1) is 5.75 Å². The van der Waals surface area contributed by atoms with Crippen LogP contribution in [0.5, 0.6) is 0 Å². The Labute approximate surface area is 213 Å². The highest BCUT2D eigenvalue weighted by Crippen LogP contribution is 2.29. The molecule has 4 aromatic rings. The van der Waals surface area contributed by atoms with Gasteiger partial charge in [-0.3, -0.25) is 9.59 Å². The van der Waals surface area contributed by atoms with Crippen LogP contribution in [0.1, 0.15) is 11.1 Å². The number of thioether (sulfide) groups is 1. The highest BCUT2D eigenvalue weighted by atomic mass is 32.2. The number of carbonyl (C=O) groups is 2. The molecule has 180 valence electrons. The van der Waals surface area contributed by atoms with Crippen LogP contribution in [0.15, 0.2) is 90.1 Å². The third-order valence-corrected chi connectivity index (χ3v) is 6.99. The van der Waals surface area contributed by atoms with Gasteiger partial charge >= 0.3 is 0 Å². The Kier molecular flexibility index (Phi) is 6.95. The molecule has 0 atom stereocenters. The van der Waals surface area contributed by atoms with E-state index in [1.165, 1.54) is 23.4 Å². The molecule has 2 heterocycles. The molecular formula is C28H25N5O2S. The standard InChI is InChI=1S/C28H25N5O2S/c1-32-27(22-12-14-23(15-13-22)29-25(34)16-11-20-7-3-2-4-8-20)30-31-28(32)36-19-26(35)33-18-17-21-9-5-6-10-24(21)33/h2-16H,17-19H2,1H3,(H,29,34)/b16-11+. The summed E-state index contributed by atoms with van der Waals surface area (Å²) < 4.78 is 1.88. The van der Waals surface area contributed by atoms with Gasteiger partial charge < -0.3 is 14.8 Å². The maximum atomic E-state index is 12.8. The summed E-state index contributed by atoms with van der Waals surface area (Å²) in [7, 11) is 1.89. The minimum Gasteiger partial charge on any atom is -0.323 e. The molecule has 0 unspecified atom stereocenters. The first-order chi connectivity index (χ1) is 17.6. The zero-order chi connectivity index (χ0) is 24.9. The van der Waals surface area contributed by atoms with Crippen molar-refractivity contribution in [2.75, 3.05) is 22.5 Å². The third kappa shape index (κ3) is 5.23. The number of carbonyl (C=O) groups excluding carboxylic acids is 2. The number of anilines is 2. The van der Waals surface area contributed by atoms with E-state index in [1.807, 2.05) is 89.3 Å². The summed E-state index contributed by atoms with van der Waals surface area (Å²) in [5.74, 6) is 0.852. The number of aromatic nitrogens is 3. The lowest BCUT2D eigenvalue weighted by Gasteiger charge is -2.16. The maximum Gasteiger partial charge on any atom is 0.248 e. The van der Waals surface area contributed by atoms with Gasteiger partial charge in [-0.25, -0.2) is 0 Å². The fourth-order valence-electron chi connectivity index (χ4n) is 4.12. The first-order valence-corrected chi connectivity index (χ1v) is 12.6. The van der Waals surface area contributed by atoms with Crippen molar-refractivity contribution in [1.82, 2.24) is 14.8 Å². The summed E-state index contributed by atoms with van der Waals surface area (Å²) in [4.78, 5) is 26.9. The van der Waals surface area contributed by atoms with Gasteiger partial charge in [0.25, 0.3) is 0 Å². The molecule has 8 heteroatoms. The summed E-state index contributed by atoms with van der Waals surface area (Å²) in [6.45, 7) is 0.716. The van der Waals surface area contributed by atoms with Gasteiger partial charge in [0.2, 0.25) is 11.8 Å². The molecule has 0 saturated carbocycles. The molecule has 3 aromatic carbocycles. The van der Waals surface area contributed by atoms with Crippen LogP contribution in [-0.4, -0.2) is 38.9 Å². The maximum absolute atomic E-state index is 12.8. The van der Waals surface area contributed by atoms with Crippen LogP contribution >= 0.6 is 11.8 Å². The molecule has 1 aliphatic heterocycles. The van der Waals surface area contributed by atoms with Crippen LogP contribution in [0.4, 0.5) is 11.4 Å². The summed E-state index contributed by atoms with van der Waals surface area (Å²) in [5, 5.41) is 12.1. The molecule has 1 aromatic heterocycles. The van der Waals surface area contributed by atoms with Crippen molar-refractivity contribution in [3.05, 3.63) is 96.1 Å². The van der Waals surface area contributed by atoms with Crippen molar-refractivity contribution in [2.24, 2.45) is 7.05 Å². The second kappa shape index (κ2) is 10.6. The van der Waals surface area contributed by atoms with Gasteiger partial charge in [0, 0.05) is 36.6 Å². The molecule has 5 rings (SSSR count). The number of hydrogen-bond acceptors (Lipinski definition) is 5. The normalized spacial score (nSPS) is 12.6. The van der Waals surface area contributed by atoms with Gasteiger partial charge in [0.1, 0.15) is 0 Å². The second-order valence-corrected chi connectivity index (χ2v) is 9.33. The zero-order valence-electron chi connectivity index (χ0n) is 19.8. The molecular weight excluding hydrogens is 470 g/mol. The molecule has 36 heavy (non-hydrogen) atoms. The minimum absolute atomic E-state index is 0.0657. The van der Waals surface area contributed by atoms with E-state index in [0.29, 0.717) is 29.0 Å². The fourth-order valence-corrected chi connectivity index (χ4v) is 4.90. The van der Waals surface area contributed by atoms with E-state index in [-0.39, 0.29) is 11.8 Å². The number of fused-ring (bicyclic) bond motifs is 1. The van der Waals surface area contributed by atoms with E-state index >= 15 is 0 Å². The average Bonchev–Trinajstić information content (AvgIpc) is 3.51. The first kappa shape index (κ1) is 23.6. The van der Waals surface area contributed by atoms with Crippen molar-refractivity contribution in [2.45, 2.75) is 11.6 Å². The molecule has 7 nitrogen and oxygen atoms in total. The predicted octanol–water partition coefficient (Wildman–Crippen LogP) is 4.82. The number of benzene rings is 3. The number of rotatable bonds is 7. The van der Waals surface area contributed by atoms with Gasteiger partial charge in [-0.1, -0.05) is 60.3 Å². The smallest absolute Gasteiger partial charge is 0.248 e. The van der Waals surface area contributed by atoms with E-state index in [2.05, 4.69) is 21.6 Å². The largest absolute Gasteiger partial charge is 0.323 e. The number of amides is 2. The molecule has 0 fully saturated rings. The van der Waals surface area contributed by atoms with Crippen molar-refractivity contribution in [3.8, 4) is 11.4 Å². The average molecular weight is 496 g/mol. The Hall–Kier alpha value is -4.17. The zero-order valence-corrected chi connectivity index (χ0v) is 20.6. The number of nitrogens with one attached hydrogen (secondary N) is 1. The van der Waals surface area contributed by atoms with Crippen LogP contribution in [0.2, 0.25) is 0 Å². The van der Waals surface area contributed by atoms with E-state index in [4.69, 9.17) is 0 Å². The van der Waals surface area contributed by atoms with Crippen LogP contribution in [0, 0.1) is 0 Å². The summed E-state index contributed by atoms with van der Waals surface area (Å²) in [6, 6.07) is 25.2. The number of nitrogens with zero attached hydrogens (tertiary/aromatic N) is 4. The van der Waals surface area contributed by atoms with E-state index in [0.717, 1.165) is 23.2 Å². The van der Waals surface area contributed by atoms with E-state index < -0.39 is 0 Å². The van der Waals surface area contributed by atoms with E-state index in [1.54, 1.807) is 6.08 Å². The van der Waals surface area contributed by atoms with Crippen molar-refractivity contribution in [3.63, 3.8) is 0 Å². The predicted molar refractivity (Wildman–Crippen MR) is 144 cm³/mol. The molecule has 1 aliphatic rings. The third-order valence-electron chi connectivity index (χ3n) is 5.99. The van der Waals surface area contributed by atoms with Crippen molar-refractivity contribution < 1.29 is 9.59 Å². The minimum atomic E-state index is -0.200. The van der Waals surface area contributed by atoms with Gasteiger partial charge in [-0.05, 0) is 54.0 Å². The Morgan fingerprint density at radius 2 is 1.72 bits per heavy atom. The highest BCUT2D eigenvalue weighted by molar-refractivity contribution is 7.99. The summed E-state index contributed by atoms with van der Waals surface area (Å²) in [5.41, 5.74) is 4.74. The molecule has 0 saturated heterocycles. The molecule has 0 spiro atoms. The monoisotopic (exact) mass is 495 g/mol. The Bertz CT molecular complexity index is 1410. The van der Waals surface area contributed by atoms with Crippen LogP contribution in [-0.2, 0) is 23.1 Å². The van der Waals surface area contributed by atoms with Crippen molar-refractivity contribution in [1.29, 1.82) is 0 Å². The summed E-state index contributed by atoms with van der Waals surface area (Å²) in [6.07, 6.45) is 4.17. The van der Waals surface area contributed by atoms with Gasteiger partial charge in [-0.15, -0.1) is 10.2 Å². The second-order valence-electron chi connectivity index (χ2n) is 8.39. The van der Waals surface area contributed by atoms with Crippen LogP contribution in [0.3, 0.4) is 0 Å². The lowest BCUT2D eigenvalue weighted by Crippen LogP contribution is -2.30. The molecule has 0 bridgehead atoms. The van der Waals surface area contributed by atoms with Gasteiger partial charge in [-0.2, -0.15) is 0 Å². The number of para-hydroxylation sites is 1. The lowest BCUT2D eigenvalue weighted by molar-refractivity contribution is -0.116. The first-order valence-electron chi connectivity index (χ1n) is 11.6. The van der Waals surface area contributed by atoms with Crippen LogP contribution < -0.4 is 10.2 Å². The SMILES string of the molecule is Cn1c(SCC(=O)N2CCc3ccccc32)nnc1-c1ccc(NC(=O)/C=C/c2ccccc2)cc1. The van der Waals surface area contributed by atoms with E-state index in [9.17, 15) is 9.59 Å². The highest BCUT2D eigenvalue weighted by Gasteiger charge is 2.24.